The smallest absolute Gasteiger partial charge is 0.234 e. The zero-order valence-corrected chi connectivity index (χ0v) is 10.5. The summed E-state index contributed by atoms with van der Waals surface area (Å²) in [5.74, 6) is 1.91. The average Bonchev–Trinajstić information content (AvgIpc) is 2.87. The molecule has 0 unspecified atom stereocenters. The van der Waals surface area contributed by atoms with E-state index in [4.69, 9.17) is 0 Å². The van der Waals surface area contributed by atoms with Crippen molar-refractivity contribution in [1.29, 1.82) is 0 Å². The minimum Gasteiger partial charge on any atom is -0.352 e. The van der Waals surface area contributed by atoms with E-state index in [0.29, 0.717) is 12.6 Å². The highest BCUT2D eigenvalue weighted by molar-refractivity contribution is 5.78. The van der Waals surface area contributed by atoms with Gasteiger partial charge in [-0.05, 0) is 44.2 Å². The summed E-state index contributed by atoms with van der Waals surface area (Å²) in [6.45, 7) is 6.70. The number of likely N-dealkylation sites (N-methyl/N-ethyl adjacent to an activating group) is 1. The van der Waals surface area contributed by atoms with Gasteiger partial charge in [-0.25, -0.2) is 0 Å². The number of carbonyl (C=O) groups is 1. The van der Waals surface area contributed by atoms with Gasteiger partial charge < -0.3 is 5.32 Å². The molecule has 2 saturated carbocycles. The van der Waals surface area contributed by atoms with Gasteiger partial charge in [0.2, 0.25) is 5.91 Å². The summed E-state index contributed by atoms with van der Waals surface area (Å²) in [6.07, 6.45) is 5.32. The van der Waals surface area contributed by atoms with E-state index in [1.165, 1.54) is 25.7 Å². The Bertz CT molecular complexity index is 250. The molecule has 2 rings (SSSR count). The van der Waals surface area contributed by atoms with Crippen molar-refractivity contribution in [1.82, 2.24) is 10.2 Å². The van der Waals surface area contributed by atoms with Gasteiger partial charge >= 0.3 is 0 Å². The maximum absolute atomic E-state index is 11.9. The molecule has 1 amide bonds. The molecule has 1 N–H and O–H groups in total. The van der Waals surface area contributed by atoms with Crippen LogP contribution in [0.1, 0.15) is 39.5 Å². The monoisotopic (exact) mass is 224 g/mol. The molecule has 2 aliphatic carbocycles. The molecule has 0 aromatic rings. The molecule has 2 bridgehead atoms. The molecular formula is C13H24N2O. The lowest BCUT2D eigenvalue weighted by atomic mass is 9.95. The zero-order valence-electron chi connectivity index (χ0n) is 10.5. The number of rotatable bonds is 5. The summed E-state index contributed by atoms with van der Waals surface area (Å²) >= 11 is 0. The molecular weight excluding hydrogens is 200 g/mol. The normalized spacial score (nSPS) is 32.3. The maximum atomic E-state index is 11.9. The highest BCUT2D eigenvalue weighted by Gasteiger charge is 2.40. The molecule has 2 aliphatic rings. The summed E-state index contributed by atoms with van der Waals surface area (Å²) in [4.78, 5) is 14.0. The van der Waals surface area contributed by atoms with Gasteiger partial charge in [-0.15, -0.1) is 0 Å². The quantitative estimate of drug-likeness (QED) is 0.770. The molecule has 16 heavy (non-hydrogen) atoms. The second-order valence-corrected chi connectivity index (χ2v) is 5.31. The Labute approximate surface area is 98.6 Å². The molecule has 2 fully saturated rings. The Morgan fingerprint density at radius 3 is 2.50 bits per heavy atom. The largest absolute Gasteiger partial charge is 0.352 e. The standard InChI is InChI=1S/C13H24N2O/c1-3-15(4-2)9-13(16)14-12-8-10-5-6-11(12)7-10/h10-12H,3-9H2,1-2H3,(H,14,16)/t10-,11+,12-/m1/s1. The van der Waals surface area contributed by atoms with E-state index in [9.17, 15) is 4.79 Å². The van der Waals surface area contributed by atoms with E-state index < -0.39 is 0 Å². The first-order valence-corrected chi connectivity index (χ1v) is 6.74. The molecule has 3 nitrogen and oxygen atoms in total. The van der Waals surface area contributed by atoms with Crippen LogP contribution in [0.25, 0.3) is 0 Å². The Hall–Kier alpha value is -0.570. The van der Waals surface area contributed by atoms with Crippen molar-refractivity contribution < 1.29 is 4.79 Å². The first-order valence-electron chi connectivity index (χ1n) is 6.74. The van der Waals surface area contributed by atoms with E-state index in [1.54, 1.807) is 0 Å². The van der Waals surface area contributed by atoms with E-state index in [1.807, 2.05) is 0 Å². The van der Waals surface area contributed by atoms with Crippen molar-refractivity contribution in [2.24, 2.45) is 11.8 Å². The predicted octanol–water partition coefficient (Wildman–Crippen LogP) is 1.63. The summed E-state index contributed by atoms with van der Waals surface area (Å²) in [5.41, 5.74) is 0. The molecule has 0 aromatic carbocycles. The molecule has 0 saturated heterocycles. The van der Waals surface area contributed by atoms with Gasteiger partial charge in [0.15, 0.2) is 0 Å². The molecule has 0 heterocycles. The SMILES string of the molecule is CCN(CC)CC(=O)N[C@@H]1C[C@@H]2CC[C@H]1C2. The minimum atomic E-state index is 0.223. The number of carbonyl (C=O) groups excluding carboxylic acids is 1. The van der Waals surface area contributed by atoms with Crippen LogP contribution in [0.4, 0.5) is 0 Å². The van der Waals surface area contributed by atoms with Crippen LogP contribution < -0.4 is 5.32 Å². The van der Waals surface area contributed by atoms with Crippen molar-refractivity contribution >= 4 is 5.91 Å². The molecule has 3 atom stereocenters. The van der Waals surface area contributed by atoms with Crippen molar-refractivity contribution in [3.05, 3.63) is 0 Å². The fourth-order valence-corrected chi connectivity index (χ4v) is 3.32. The first-order chi connectivity index (χ1) is 7.72. The van der Waals surface area contributed by atoms with Gasteiger partial charge in [0.05, 0.1) is 6.54 Å². The minimum absolute atomic E-state index is 0.223. The Morgan fingerprint density at radius 2 is 2.00 bits per heavy atom. The average molecular weight is 224 g/mol. The molecule has 0 aliphatic heterocycles. The number of hydrogen-bond donors (Lipinski definition) is 1. The highest BCUT2D eigenvalue weighted by atomic mass is 16.2. The molecule has 0 spiro atoms. The second kappa shape index (κ2) is 5.17. The lowest BCUT2D eigenvalue weighted by molar-refractivity contribution is -0.123. The van der Waals surface area contributed by atoms with Crippen LogP contribution in [0.5, 0.6) is 0 Å². The molecule has 3 heteroatoms. The fourth-order valence-electron chi connectivity index (χ4n) is 3.32. The molecule has 92 valence electrons. The summed E-state index contributed by atoms with van der Waals surface area (Å²) < 4.78 is 0. The number of nitrogens with one attached hydrogen (secondary N) is 1. The van der Waals surface area contributed by atoms with Gasteiger partial charge in [-0.1, -0.05) is 20.3 Å². The van der Waals surface area contributed by atoms with Gasteiger partial charge in [0.25, 0.3) is 0 Å². The van der Waals surface area contributed by atoms with Crippen molar-refractivity contribution in [3.8, 4) is 0 Å². The summed E-state index contributed by atoms with van der Waals surface area (Å²) in [6, 6.07) is 0.488. The molecule has 0 aromatic heterocycles. The predicted molar refractivity (Wildman–Crippen MR) is 65.2 cm³/mol. The Balaban J connectivity index is 1.75. The number of amides is 1. The Morgan fingerprint density at radius 1 is 1.25 bits per heavy atom. The van der Waals surface area contributed by atoms with Gasteiger partial charge in [0, 0.05) is 6.04 Å². The number of hydrogen-bond acceptors (Lipinski definition) is 2. The lowest BCUT2D eigenvalue weighted by Crippen LogP contribution is -2.44. The van der Waals surface area contributed by atoms with Crippen LogP contribution in [0.2, 0.25) is 0 Å². The van der Waals surface area contributed by atoms with E-state index in [2.05, 4.69) is 24.1 Å². The topological polar surface area (TPSA) is 32.3 Å². The first kappa shape index (κ1) is 11.9. The van der Waals surface area contributed by atoms with Crippen LogP contribution >= 0.6 is 0 Å². The van der Waals surface area contributed by atoms with Crippen LogP contribution in [-0.4, -0.2) is 36.5 Å². The maximum Gasteiger partial charge on any atom is 0.234 e. The van der Waals surface area contributed by atoms with E-state index in [-0.39, 0.29) is 5.91 Å². The van der Waals surface area contributed by atoms with Crippen molar-refractivity contribution in [2.75, 3.05) is 19.6 Å². The van der Waals surface area contributed by atoms with Gasteiger partial charge in [0.1, 0.15) is 0 Å². The number of nitrogens with zero attached hydrogens (tertiary/aromatic N) is 1. The van der Waals surface area contributed by atoms with Gasteiger partial charge in [-0.3, -0.25) is 9.69 Å². The van der Waals surface area contributed by atoms with Gasteiger partial charge in [-0.2, -0.15) is 0 Å². The summed E-state index contributed by atoms with van der Waals surface area (Å²) in [7, 11) is 0. The number of fused-ring (bicyclic) bond motifs is 2. The second-order valence-electron chi connectivity index (χ2n) is 5.31. The van der Waals surface area contributed by atoms with E-state index >= 15 is 0 Å². The zero-order chi connectivity index (χ0) is 11.5. The third kappa shape index (κ3) is 2.57. The molecule has 0 radical (unpaired) electrons. The van der Waals surface area contributed by atoms with Crippen molar-refractivity contribution in [2.45, 2.75) is 45.6 Å². The van der Waals surface area contributed by atoms with Crippen molar-refractivity contribution in [3.63, 3.8) is 0 Å². The van der Waals surface area contributed by atoms with Crippen LogP contribution in [0.15, 0.2) is 0 Å². The van der Waals surface area contributed by atoms with Crippen LogP contribution in [0.3, 0.4) is 0 Å². The third-order valence-corrected chi connectivity index (χ3v) is 4.35. The summed E-state index contributed by atoms with van der Waals surface area (Å²) in [5, 5.41) is 3.23. The lowest BCUT2D eigenvalue weighted by Gasteiger charge is -2.25. The third-order valence-electron chi connectivity index (χ3n) is 4.35. The fraction of sp³-hybridized carbons (Fsp3) is 0.923. The van der Waals surface area contributed by atoms with Crippen LogP contribution in [0, 0.1) is 11.8 Å². The van der Waals surface area contributed by atoms with E-state index in [0.717, 1.165) is 24.9 Å². The Kier molecular flexibility index (Phi) is 3.85. The highest BCUT2D eigenvalue weighted by Crippen LogP contribution is 2.44. The van der Waals surface area contributed by atoms with Crippen LogP contribution in [-0.2, 0) is 4.79 Å².